The maximum Gasteiger partial charge on any atom is 0.138 e. The van der Waals surface area contributed by atoms with Gasteiger partial charge in [-0.15, -0.1) is 11.8 Å². The van der Waals surface area contributed by atoms with E-state index in [0.717, 1.165) is 5.82 Å². The van der Waals surface area contributed by atoms with Crippen molar-refractivity contribution < 1.29 is 4.39 Å². The van der Waals surface area contributed by atoms with Crippen LogP contribution in [0.3, 0.4) is 0 Å². The van der Waals surface area contributed by atoms with Gasteiger partial charge in [-0.05, 0) is 18.2 Å². The predicted octanol–water partition coefficient (Wildman–Crippen LogP) is 1.83. The molecule has 0 radical (unpaired) electrons. The van der Waals surface area contributed by atoms with Gasteiger partial charge in [0, 0.05) is 17.6 Å². The second-order valence-electron chi connectivity index (χ2n) is 3.28. The lowest BCUT2D eigenvalue weighted by atomic mass is 10.3. The fourth-order valence-corrected chi connectivity index (χ4v) is 2.13. The van der Waals surface area contributed by atoms with Crippen LogP contribution in [0.25, 0.3) is 0 Å². The molecule has 0 aliphatic carbocycles. The first kappa shape index (κ1) is 10.9. The Balaban J connectivity index is 2.08. The van der Waals surface area contributed by atoms with Gasteiger partial charge in [-0.2, -0.15) is 5.10 Å². The zero-order chi connectivity index (χ0) is 11.5. The molecule has 0 aliphatic heterocycles. The number of nitrogens with two attached hydrogens (primary N) is 1. The predicted molar refractivity (Wildman–Crippen MR) is 61.4 cm³/mol. The molecule has 0 atom stereocenters. The molecule has 0 fully saturated rings. The highest BCUT2D eigenvalue weighted by molar-refractivity contribution is 7.98. The fraction of sp³-hybridized carbons (Fsp3) is 0.200. The standard InChI is InChI=1S/C10H11FN4S/c1-15-10(13-6-14-15)5-16-9-3-2-7(12)4-8(9)11/h2-4,6H,5,12H2,1H3. The molecule has 4 nitrogen and oxygen atoms in total. The van der Waals surface area contributed by atoms with Crippen LogP contribution >= 0.6 is 11.8 Å². The molecule has 0 aliphatic rings. The highest BCUT2D eigenvalue weighted by Gasteiger charge is 2.06. The summed E-state index contributed by atoms with van der Waals surface area (Å²) in [6.45, 7) is 0. The first-order valence-electron chi connectivity index (χ1n) is 4.67. The van der Waals surface area contributed by atoms with Gasteiger partial charge in [0.2, 0.25) is 0 Å². The van der Waals surface area contributed by atoms with Crippen molar-refractivity contribution in [2.24, 2.45) is 7.05 Å². The van der Waals surface area contributed by atoms with Crippen molar-refractivity contribution in [1.82, 2.24) is 14.8 Å². The number of nitrogens with zero attached hydrogens (tertiary/aromatic N) is 3. The van der Waals surface area contributed by atoms with Gasteiger partial charge >= 0.3 is 0 Å². The number of halogens is 1. The summed E-state index contributed by atoms with van der Waals surface area (Å²) in [7, 11) is 1.81. The minimum atomic E-state index is -0.299. The Hall–Kier alpha value is -1.56. The lowest BCUT2D eigenvalue weighted by Crippen LogP contribution is -1.97. The van der Waals surface area contributed by atoms with Gasteiger partial charge in [-0.25, -0.2) is 9.37 Å². The quantitative estimate of drug-likeness (QED) is 0.654. The lowest BCUT2D eigenvalue weighted by Gasteiger charge is -2.03. The number of benzene rings is 1. The second-order valence-corrected chi connectivity index (χ2v) is 4.30. The maximum absolute atomic E-state index is 13.4. The molecule has 0 spiro atoms. The summed E-state index contributed by atoms with van der Waals surface area (Å²) in [6.07, 6.45) is 1.48. The molecule has 0 unspecified atom stereocenters. The number of nitrogen functional groups attached to an aromatic ring is 1. The van der Waals surface area contributed by atoms with Crippen molar-refractivity contribution in [2.45, 2.75) is 10.6 Å². The molecule has 0 bridgehead atoms. The van der Waals surface area contributed by atoms with Gasteiger partial charge in [-0.3, -0.25) is 4.68 Å². The number of aromatic nitrogens is 3. The van der Waals surface area contributed by atoms with Crippen LogP contribution in [0.4, 0.5) is 10.1 Å². The van der Waals surface area contributed by atoms with Gasteiger partial charge in [0.1, 0.15) is 18.0 Å². The number of rotatable bonds is 3. The molecule has 2 rings (SSSR count). The molecular formula is C10H11FN4S. The average molecular weight is 238 g/mol. The molecule has 84 valence electrons. The van der Waals surface area contributed by atoms with E-state index in [9.17, 15) is 4.39 Å². The average Bonchev–Trinajstić information content (AvgIpc) is 2.63. The van der Waals surface area contributed by atoms with Crippen molar-refractivity contribution in [3.63, 3.8) is 0 Å². The van der Waals surface area contributed by atoms with E-state index in [1.165, 1.54) is 24.2 Å². The summed E-state index contributed by atoms with van der Waals surface area (Å²) in [6, 6.07) is 4.67. The van der Waals surface area contributed by atoms with Crippen LogP contribution in [0.2, 0.25) is 0 Å². The Bertz CT molecular complexity index is 497. The molecule has 0 saturated carbocycles. The number of hydrogen-bond donors (Lipinski definition) is 1. The second kappa shape index (κ2) is 4.52. The first-order valence-corrected chi connectivity index (χ1v) is 5.66. The van der Waals surface area contributed by atoms with E-state index < -0.39 is 0 Å². The monoisotopic (exact) mass is 238 g/mol. The van der Waals surface area contributed by atoms with Crippen LogP contribution in [0.1, 0.15) is 5.82 Å². The van der Waals surface area contributed by atoms with E-state index in [-0.39, 0.29) is 5.82 Å². The smallest absolute Gasteiger partial charge is 0.138 e. The third-order valence-corrected chi connectivity index (χ3v) is 3.16. The maximum atomic E-state index is 13.4. The van der Waals surface area contributed by atoms with E-state index in [1.54, 1.807) is 16.8 Å². The largest absolute Gasteiger partial charge is 0.399 e. The third kappa shape index (κ3) is 2.33. The molecule has 2 aromatic rings. The normalized spacial score (nSPS) is 10.6. The molecule has 0 amide bonds. The third-order valence-electron chi connectivity index (χ3n) is 2.12. The molecule has 0 saturated heterocycles. The van der Waals surface area contributed by atoms with Gasteiger partial charge in [0.15, 0.2) is 0 Å². The summed E-state index contributed by atoms with van der Waals surface area (Å²) in [5, 5.41) is 3.94. The molecule has 1 heterocycles. The van der Waals surface area contributed by atoms with Gasteiger partial charge in [0.25, 0.3) is 0 Å². The number of anilines is 1. The molecule has 2 N–H and O–H groups in total. The number of hydrogen-bond acceptors (Lipinski definition) is 4. The molecule has 16 heavy (non-hydrogen) atoms. The van der Waals surface area contributed by atoms with Gasteiger partial charge < -0.3 is 5.73 Å². The highest BCUT2D eigenvalue weighted by atomic mass is 32.2. The van der Waals surface area contributed by atoms with Crippen LogP contribution in [-0.4, -0.2) is 14.8 Å². The summed E-state index contributed by atoms with van der Waals surface area (Å²) in [4.78, 5) is 4.63. The molecule has 6 heteroatoms. The minimum Gasteiger partial charge on any atom is -0.399 e. The SMILES string of the molecule is Cn1ncnc1CSc1ccc(N)cc1F. The summed E-state index contributed by atoms with van der Waals surface area (Å²) < 4.78 is 15.1. The van der Waals surface area contributed by atoms with E-state index in [0.29, 0.717) is 16.3 Å². The Morgan fingerprint density at radius 1 is 1.50 bits per heavy atom. The summed E-state index contributed by atoms with van der Waals surface area (Å²) >= 11 is 1.37. The summed E-state index contributed by atoms with van der Waals surface area (Å²) in [5.41, 5.74) is 5.90. The fourth-order valence-electron chi connectivity index (χ4n) is 1.23. The van der Waals surface area contributed by atoms with Crippen LogP contribution in [-0.2, 0) is 12.8 Å². The first-order chi connectivity index (χ1) is 7.66. The molecule has 1 aromatic carbocycles. The van der Waals surface area contributed by atoms with Gasteiger partial charge in [-0.1, -0.05) is 0 Å². The van der Waals surface area contributed by atoms with E-state index in [1.807, 2.05) is 7.05 Å². The Kier molecular flexibility index (Phi) is 3.09. The Morgan fingerprint density at radius 3 is 2.94 bits per heavy atom. The van der Waals surface area contributed by atoms with Crippen LogP contribution in [0, 0.1) is 5.82 Å². The Labute approximate surface area is 96.7 Å². The van der Waals surface area contributed by atoms with E-state index >= 15 is 0 Å². The van der Waals surface area contributed by atoms with Crippen LogP contribution < -0.4 is 5.73 Å². The zero-order valence-corrected chi connectivity index (χ0v) is 9.54. The topological polar surface area (TPSA) is 56.7 Å². The van der Waals surface area contributed by atoms with Crippen molar-refractivity contribution in [1.29, 1.82) is 0 Å². The molecule has 1 aromatic heterocycles. The van der Waals surface area contributed by atoms with Crippen LogP contribution in [0.15, 0.2) is 29.4 Å². The lowest BCUT2D eigenvalue weighted by molar-refractivity contribution is 0.602. The van der Waals surface area contributed by atoms with Crippen LogP contribution in [0.5, 0.6) is 0 Å². The number of aryl methyl sites for hydroxylation is 1. The zero-order valence-electron chi connectivity index (χ0n) is 8.72. The Morgan fingerprint density at radius 2 is 2.31 bits per heavy atom. The van der Waals surface area contributed by atoms with Crippen molar-refractivity contribution >= 4 is 17.4 Å². The number of thioether (sulfide) groups is 1. The van der Waals surface area contributed by atoms with Gasteiger partial charge in [0.05, 0.1) is 5.75 Å². The molecular weight excluding hydrogens is 227 g/mol. The van der Waals surface area contributed by atoms with Crippen molar-refractivity contribution in [3.8, 4) is 0 Å². The van der Waals surface area contributed by atoms with E-state index in [2.05, 4.69) is 10.1 Å². The highest BCUT2D eigenvalue weighted by Crippen LogP contribution is 2.25. The van der Waals surface area contributed by atoms with E-state index in [4.69, 9.17) is 5.73 Å². The van der Waals surface area contributed by atoms with Crippen molar-refractivity contribution in [3.05, 3.63) is 36.2 Å². The van der Waals surface area contributed by atoms with Crippen molar-refractivity contribution in [2.75, 3.05) is 5.73 Å². The summed E-state index contributed by atoms with van der Waals surface area (Å²) in [5.74, 6) is 1.09. The minimum absolute atomic E-state index is 0.299.